The Morgan fingerprint density at radius 3 is 2.30 bits per heavy atom. The molecule has 0 fully saturated rings. The number of rotatable bonds is 6. The highest BCUT2D eigenvalue weighted by Gasteiger charge is 2.06. The second-order valence-corrected chi connectivity index (χ2v) is 6.32. The zero-order chi connectivity index (χ0) is 16.7. The highest BCUT2D eigenvalue weighted by molar-refractivity contribution is 9.10. The lowest BCUT2D eigenvalue weighted by Crippen LogP contribution is -2.39. The molecule has 6 heteroatoms. The zero-order valence-electron chi connectivity index (χ0n) is 13.0. The van der Waals surface area contributed by atoms with Crippen molar-refractivity contribution in [2.45, 2.75) is 13.0 Å². The quantitative estimate of drug-likeness (QED) is 0.718. The van der Waals surface area contributed by atoms with Crippen LogP contribution in [0.3, 0.4) is 0 Å². The number of halogens is 1. The summed E-state index contributed by atoms with van der Waals surface area (Å²) in [6.45, 7) is 2.52. The predicted octanol–water partition coefficient (Wildman–Crippen LogP) is 4.21. The van der Waals surface area contributed by atoms with Crippen molar-refractivity contribution in [3.63, 3.8) is 0 Å². The maximum atomic E-state index is 5.72. The van der Waals surface area contributed by atoms with E-state index in [1.807, 2.05) is 55.5 Å². The molecule has 0 saturated carbocycles. The second kappa shape index (κ2) is 8.74. The van der Waals surface area contributed by atoms with Crippen molar-refractivity contribution in [1.29, 1.82) is 0 Å². The number of methoxy groups -OCH3 is 1. The van der Waals surface area contributed by atoms with Gasteiger partial charge in [-0.3, -0.25) is 0 Å². The molecular weight excluding hydrogens is 376 g/mol. The van der Waals surface area contributed by atoms with E-state index >= 15 is 0 Å². The van der Waals surface area contributed by atoms with E-state index in [1.165, 1.54) is 0 Å². The third-order valence-corrected chi connectivity index (χ3v) is 3.79. The summed E-state index contributed by atoms with van der Waals surface area (Å²) in [5.41, 5.74) is 0.939. The molecule has 0 radical (unpaired) electrons. The summed E-state index contributed by atoms with van der Waals surface area (Å²) >= 11 is 8.71. The molecule has 0 saturated heterocycles. The molecular formula is C17H19BrN2O2S. The first-order valence-electron chi connectivity index (χ1n) is 7.17. The van der Waals surface area contributed by atoms with Crippen LogP contribution < -0.4 is 20.1 Å². The second-order valence-electron chi connectivity index (χ2n) is 4.99. The van der Waals surface area contributed by atoms with Crippen LogP contribution >= 0.6 is 28.1 Å². The van der Waals surface area contributed by atoms with Crippen molar-refractivity contribution in [3.8, 4) is 11.5 Å². The Balaban J connectivity index is 1.75. The zero-order valence-corrected chi connectivity index (χ0v) is 15.4. The van der Waals surface area contributed by atoms with Gasteiger partial charge in [0.1, 0.15) is 18.1 Å². The third kappa shape index (κ3) is 6.08. The van der Waals surface area contributed by atoms with Gasteiger partial charge in [0.2, 0.25) is 0 Å². The Kier molecular flexibility index (Phi) is 6.67. The Morgan fingerprint density at radius 2 is 1.70 bits per heavy atom. The number of thiocarbonyl (C=S) groups is 1. The maximum absolute atomic E-state index is 5.72. The summed E-state index contributed by atoms with van der Waals surface area (Å²) < 4.78 is 11.9. The summed E-state index contributed by atoms with van der Waals surface area (Å²) in [7, 11) is 1.64. The topological polar surface area (TPSA) is 42.5 Å². The minimum Gasteiger partial charge on any atom is -0.497 e. The van der Waals surface area contributed by atoms with E-state index < -0.39 is 0 Å². The lowest BCUT2D eigenvalue weighted by atomic mass is 10.3. The Hall–Kier alpha value is -1.79. The van der Waals surface area contributed by atoms with Gasteiger partial charge in [0.15, 0.2) is 5.11 Å². The molecule has 2 aromatic rings. The first-order valence-corrected chi connectivity index (χ1v) is 8.37. The van der Waals surface area contributed by atoms with Gasteiger partial charge >= 0.3 is 0 Å². The normalized spacial score (nSPS) is 11.4. The Labute approximate surface area is 150 Å². The van der Waals surface area contributed by atoms with Gasteiger partial charge in [0, 0.05) is 10.2 Å². The van der Waals surface area contributed by atoms with Crippen LogP contribution in [0.1, 0.15) is 6.92 Å². The molecule has 2 N–H and O–H groups in total. The van der Waals surface area contributed by atoms with Gasteiger partial charge in [-0.25, -0.2) is 0 Å². The maximum Gasteiger partial charge on any atom is 0.171 e. The molecule has 2 rings (SSSR count). The molecule has 0 bridgehead atoms. The molecule has 122 valence electrons. The van der Waals surface area contributed by atoms with Gasteiger partial charge in [-0.05, 0) is 67.7 Å². The van der Waals surface area contributed by atoms with Gasteiger partial charge in [-0.2, -0.15) is 0 Å². The molecule has 0 aliphatic carbocycles. The summed E-state index contributed by atoms with van der Waals surface area (Å²) in [6.07, 6.45) is 0. The van der Waals surface area contributed by atoms with E-state index in [4.69, 9.17) is 21.7 Å². The van der Waals surface area contributed by atoms with Gasteiger partial charge in [-0.15, -0.1) is 0 Å². The van der Waals surface area contributed by atoms with Crippen LogP contribution in [0.25, 0.3) is 0 Å². The van der Waals surface area contributed by atoms with Crippen LogP contribution in [0.5, 0.6) is 11.5 Å². The molecule has 0 heterocycles. The molecule has 2 aromatic carbocycles. The number of hydrogen-bond acceptors (Lipinski definition) is 3. The van der Waals surface area contributed by atoms with E-state index in [9.17, 15) is 0 Å². The molecule has 4 nitrogen and oxygen atoms in total. The van der Waals surface area contributed by atoms with Crippen molar-refractivity contribution in [1.82, 2.24) is 5.32 Å². The molecule has 0 spiro atoms. The SMILES string of the molecule is COc1ccc(OC[C@H](C)NC(=S)Nc2ccc(Br)cc2)cc1. The van der Waals surface area contributed by atoms with Crippen molar-refractivity contribution in [3.05, 3.63) is 53.0 Å². The molecule has 0 aromatic heterocycles. The number of anilines is 1. The van der Waals surface area contributed by atoms with E-state index in [0.29, 0.717) is 11.7 Å². The largest absolute Gasteiger partial charge is 0.497 e. The van der Waals surface area contributed by atoms with Gasteiger partial charge in [-0.1, -0.05) is 15.9 Å². The molecule has 0 amide bonds. The predicted molar refractivity (Wildman–Crippen MR) is 101 cm³/mol. The highest BCUT2D eigenvalue weighted by Crippen LogP contribution is 2.17. The minimum atomic E-state index is 0.0764. The number of benzene rings is 2. The van der Waals surface area contributed by atoms with Crippen LogP contribution in [0.15, 0.2) is 53.0 Å². The Bertz CT molecular complexity index is 632. The lowest BCUT2D eigenvalue weighted by Gasteiger charge is -2.17. The van der Waals surface area contributed by atoms with Crippen LogP contribution in [-0.4, -0.2) is 24.9 Å². The van der Waals surface area contributed by atoms with Crippen molar-refractivity contribution >= 4 is 38.9 Å². The van der Waals surface area contributed by atoms with Crippen LogP contribution in [0, 0.1) is 0 Å². The van der Waals surface area contributed by atoms with Crippen LogP contribution in [0.4, 0.5) is 5.69 Å². The Morgan fingerprint density at radius 1 is 1.09 bits per heavy atom. The number of hydrogen-bond donors (Lipinski definition) is 2. The van der Waals surface area contributed by atoms with Crippen molar-refractivity contribution < 1.29 is 9.47 Å². The lowest BCUT2D eigenvalue weighted by molar-refractivity contribution is 0.286. The molecule has 0 aliphatic heterocycles. The van der Waals surface area contributed by atoms with Crippen molar-refractivity contribution in [2.24, 2.45) is 0 Å². The average Bonchev–Trinajstić information content (AvgIpc) is 2.55. The fourth-order valence-electron chi connectivity index (χ4n) is 1.86. The first-order chi connectivity index (χ1) is 11.1. The van der Waals surface area contributed by atoms with Crippen LogP contribution in [0.2, 0.25) is 0 Å². The number of nitrogens with one attached hydrogen (secondary N) is 2. The summed E-state index contributed by atoms with van der Waals surface area (Å²) in [6, 6.07) is 15.4. The van der Waals surface area contributed by atoms with E-state index in [2.05, 4.69) is 26.6 Å². The highest BCUT2D eigenvalue weighted by atomic mass is 79.9. The molecule has 0 unspecified atom stereocenters. The van der Waals surface area contributed by atoms with Crippen LogP contribution in [-0.2, 0) is 0 Å². The van der Waals surface area contributed by atoms with E-state index in [0.717, 1.165) is 21.7 Å². The average molecular weight is 395 g/mol. The fraction of sp³-hybridized carbons (Fsp3) is 0.235. The third-order valence-electron chi connectivity index (χ3n) is 3.04. The van der Waals surface area contributed by atoms with E-state index in [1.54, 1.807) is 7.11 Å². The smallest absolute Gasteiger partial charge is 0.171 e. The first kappa shape index (κ1) is 17.6. The molecule has 23 heavy (non-hydrogen) atoms. The van der Waals surface area contributed by atoms with Crippen molar-refractivity contribution in [2.75, 3.05) is 19.0 Å². The van der Waals surface area contributed by atoms with Gasteiger partial charge in [0.25, 0.3) is 0 Å². The molecule has 0 aliphatic rings. The van der Waals surface area contributed by atoms with Gasteiger partial charge in [0.05, 0.1) is 13.2 Å². The standard InChI is InChI=1S/C17H19BrN2O2S/c1-12(11-22-16-9-7-15(21-2)8-10-16)19-17(23)20-14-5-3-13(18)4-6-14/h3-10,12H,11H2,1-2H3,(H2,19,20,23)/t12-/m0/s1. The van der Waals surface area contributed by atoms with E-state index in [-0.39, 0.29) is 6.04 Å². The minimum absolute atomic E-state index is 0.0764. The summed E-state index contributed by atoms with van der Waals surface area (Å²) in [4.78, 5) is 0. The van der Waals surface area contributed by atoms with Gasteiger partial charge < -0.3 is 20.1 Å². The monoisotopic (exact) mass is 394 g/mol. The molecule has 1 atom stereocenters. The fourth-order valence-corrected chi connectivity index (χ4v) is 2.44. The summed E-state index contributed by atoms with van der Waals surface area (Å²) in [5.74, 6) is 1.61. The summed E-state index contributed by atoms with van der Waals surface area (Å²) in [5, 5.41) is 6.90. The number of ether oxygens (including phenoxy) is 2.